The van der Waals surface area contributed by atoms with Crippen LogP contribution in [-0.4, -0.2) is 43.9 Å². The third-order valence-electron chi connectivity index (χ3n) is 5.05. The lowest BCUT2D eigenvalue weighted by molar-refractivity contribution is 0.00578. The van der Waals surface area contributed by atoms with Gasteiger partial charge in [0.25, 0.3) is 0 Å². The van der Waals surface area contributed by atoms with Crippen molar-refractivity contribution in [3.63, 3.8) is 0 Å². The lowest BCUT2D eigenvalue weighted by atomic mass is 9.80. The van der Waals surface area contributed by atoms with Crippen LogP contribution in [0, 0.1) is 0 Å². The molecule has 0 saturated carbocycles. The second-order valence-electron chi connectivity index (χ2n) is 7.35. The zero-order valence-electron chi connectivity index (χ0n) is 15.5. The van der Waals surface area contributed by atoms with Crippen molar-refractivity contribution in [2.45, 2.75) is 38.9 Å². The minimum absolute atomic E-state index is 0.394. The Morgan fingerprint density at radius 3 is 2.44 bits per heavy atom. The average Bonchev–Trinajstić information content (AvgIpc) is 3.10. The van der Waals surface area contributed by atoms with Gasteiger partial charge < -0.3 is 14.0 Å². The third kappa shape index (κ3) is 2.98. The number of rotatable bonds is 2. The van der Waals surface area contributed by atoms with Gasteiger partial charge in [-0.05, 0) is 39.8 Å². The Bertz CT molecular complexity index is 987. The number of aromatic nitrogens is 4. The molecule has 27 heavy (non-hydrogen) atoms. The van der Waals surface area contributed by atoms with E-state index >= 15 is 0 Å². The number of fused-ring (bicyclic) bond motifs is 1. The van der Waals surface area contributed by atoms with E-state index in [4.69, 9.17) is 14.0 Å². The largest absolute Gasteiger partial charge is 0.498 e. The summed E-state index contributed by atoms with van der Waals surface area (Å²) in [7, 11) is -0.651. The highest BCUT2D eigenvalue weighted by Crippen LogP contribution is 2.37. The fourth-order valence-electron chi connectivity index (χ4n) is 2.84. The van der Waals surface area contributed by atoms with Crippen LogP contribution in [0.5, 0.6) is 5.75 Å². The van der Waals surface area contributed by atoms with Gasteiger partial charge in [-0.1, -0.05) is 0 Å². The molecule has 0 atom stereocenters. The van der Waals surface area contributed by atoms with Gasteiger partial charge in [-0.2, -0.15) is 0 Å². The van der Waals surface area contributed by atoms with Crippen molar-refractivity contribution in [1.82, 2.24) is 19.5 Å². The minimum Gasteiger partial charge on any atom is -0.410 e. The number of pyridine rings is 1. The maximum absolute atomic E-state index is 12.7. The van der Waals surface area contributed by atoms with E-state index < -0.39 is 24.4 Å². The highest BCUT2D eigenvalue weighted by atomic mass is 16.7. The predicted molar refractivity (Wildman–Crippen MR) is 98.9 cm³/mol. The molecule has 9 heteroatoms. The first kappa shape index (κ1) is 17.6. The summed E-state index contributed by atoms with van der Waals surface area (Å²) >= 11 is 0. The molecule has 1 fully saturated rings. The summed E-state index contributed by atoms with van der Waals surface area (Å²) in [5.74, 6) is 0.394. The van der Waals surface area contributed by atoms with Gasteiger partial charge in [-0.3, -0.25) is 4.98 Å². The molecule has 0 aliphatic carbocycles. The van der Waals surface area contributed by atoms with E-state index in [-0.39, 0.29) is 0 Å². The quantitative estimate of drug-likeness (QED) is 0.642. The summed E-state index contributed by atoms with van der Waals surface area (Å²) in [5, 5.41) is 0. The first-order valence-electron chi connectivity index (χ1n) is 8.57. The van der Waals surface area contributed by atoms with E-state index in [0.717, 1.165) is 0 Å². The predicted octanol–water partition coefficient (Wildman–Crippen LogP) is 2.17. The van der Waals surface area contributed by atoms with E-state index in [0.29, 0.717) is 22.2 Å². The summed E-state index contributed by atoms with van der Waals surface area (Å²) in [5.41, 5.74) is 0.738. The molecule has 4 heterocycles. The van der Waals surface area contributed by atoms with Crippen LogP contribution in [0.2, 0.25) is 0 Å². The molecular weight excluding hydrogens is 347 g/mol. The first-order chi connectivity index (χ1) is 12.8. The molecule has 1 saturated heterocycles. The van der Waals surface area contributed by atoms with Gasteiger partial charge in [-0.25, -0.2) is 19.3 Å². The van der Waals surface area contributed by atoms with Crippen molar-refractivity contribution in [3.05, 3.63) is 43.2 Å². The Hall–Kier alpha value is -2.78. The van der Waals surface area contributed by atoms with Crippen molar-refractivity contribution in [2.24, 2.45) is 0 Å². The summed E-state index contributed by atoms with van der Waals surface area (Å²) < 4.78 is 19.0. The molecule has 1 aliphatic rings. The van der Waals surface area contributed by atoms with Crippen LogP contribution >= 0.6 is 0 Å². The standard InChI is InChI=1S/C18H19BN4O4/c1-17(2)18(3,4)27-19(26-17)13-10-23(14-9-21-11-22-15(13)14)16(24)25-12-5-7-20-8-6-12/h5-11H,1-4H3. The molecule has 4 rings (SSSR count). The lowest BCUT2D eigenvalue weighted by Crippen LogP contribution is -2.41. The third-order valence-corrected chi connectivity index (χ3v) is 5.05. The zero-order valence-corrected chi connectivity index (χ0v) is 15.5. The van der Waals surface area contributed by atoms with Gasteiger partial charge in [0.1, 0.15) is 12.1 Å². The van der Waals surface area contributed by atoms with Crippen molar-refractivity contribution in [1.29, 1.82) is 0 Å². The van der Waals surface area contributed by atoms with Gasteiger partial charge in [-0.15, -0.1) is 0 Å². The second kappa shape index (κ2) is 6.14. The van der Waals surface area contributed by atoms with Crippen LogP contribution in [0.25, 0.3) is 11.0 Å². The molecule has 3 aromatic heterocycles. The Morgan fingerprint density at radius 2 is 1.78 bits per heavy atom. The molecule has 0 spiro atoms. The van der Waals surface area contributed by atoms with Crippen molar-refractivity contribution < 1.29 is 18.8 Å². The van der Waals surface area contributed by atoms with E-state index in [9.17, 15) is 4.79 Å². The van der Waals surface area contributed by atoms with Crippen LogP contribution in [0.4, 0.5) is 4.79 Å². The van der Waals surface area contributed by atoms with Crippen LogP contribution < -0.4 is 10.2 Å². The number of carbonyl (C=O) groups excluding carboxylic acids is 1. The maximum Gasteiger partial charge on any atom is 0.498 e. The monoisotopic (exact) mass is 366 g/mol. The second-order valence-corrected chi connectivity index (χ2v) is 7.35. The minimum atomic E-state index is -0.651. The van der Waals surface area contributed by atoms with Gasteiger partial charge in [0.15, 0.2) is 0 Å². The molecule has 0 radical (unpaired) electrons. The molecule has 1 aliphatic heterocycles. The molecule has 0 aromatic carbocycles. The van der Waals surface area contributed by atoms with Crippen molar-refractivity contribution in [3.8, 4) is 5.75 Å². The maximum atomic E-state index is 12.7. The first-order valence-corrected chi connectivity index (χ1v) is 8.57. The number of hydrogen-bond donors (Lipinski definition) is 0. The molecule has 0 unspecified atom stereocenters. The normalized spacial score (nSPS) is 18.0. The highest BCUT2D eigenvalue weighted by Gasteiger charge is 2.52. The Kier molecular flexibility index (Phi) is 4.01. The summed E-state index contributed by atoms with van der Waals surface area (Å²) in [6.07, 6.45) is 7.14. The van der Waals surface area contributed by atoms with Gasteiger partial charge in [0.2, 0.25) is 0 Å². The number of carbonyl (C=O) groups is 1. The summed E-state index contributed by atoms with van der Waals surface area (Å²) in [6, 6.07) is 3.21. The van der Waals surface area contributed by atoms with Crippen LogP contribution in [0.15, 0.2) is 43.2 Å². The fourth-order valence-corrected chi connectivity index (χ4v) is 2.84. The zero-order chi connectivity index (χ0) is 19.2. The van der Waals surface area contributed by atoms with E-state index in [1.165, 1.54) is 10.9 Å². The van der Waals surface area contributed by atoms with Crippen LogP contribution in [-0.2, 0) is 9.31 Å². The fraction of sp³-hybridized carbons (Fsp3) is 0.333. The molecule has 0 N–H and O–H groups in total. The van der Waals surface area contributed by atoms with Gasteiger partial charge >= 0.3 is 13.2 Å². The Morgan fingerprint density at radius 1 is 1.11 bits per heavy atom. The Labute approximate surface area is 156 Å². The number of nitrogens with zero attached hydrogens (tertiary/aromatic N) is 4. The van der Waals surface area contributed by atoms with Crippen molar-refractivity contribution >= 4 is 29.7 Å². The van der Waals surface area contributed by atoms with E-state index in [1.54, 1.807) is 36.9 Å². The summed E-state index contributed by atoms with van der Waals surface area (Å²) in [6.45, 7) is 7.88. The molecular formula is C18H19BN4O4. The van der Waals surface area contributed by atoms with Crippen LogP contribution in [0.1, 0.15) is 27.7 Å². The molecule has 138 valence electrons. The number of ether oxygens (including phenoxy) is 1. The topological polar surface area (TPSA) is 88.4 Å². The van der Waals surface area contributed by atoms with Crippen molar-refractivity contribution in [2.75, 3.05) is 0 Å². The summed E-state index contributed by atoms with van der Waals surface area (Å²) in [4.78, 5) is 25.0. The molecule has 0 amide bonds. The van der Waals surface area contributed by atoms with Crippen LogP contribution in [0.3, 0.4) is 0 Å². The lowest BCUT2D eigenvalue weighted by Gasteiger charge is -2.32. The van der Waals surface area contributed by atoms with E-state index in [2.05, 4.69) is 15.0 Å². The smallest absolute Gasteiger partial charge is 0.410 e. The molecule has 0 bridgehead atoms. The highest BCUT2D eigenvalue weighted by molar-refractivity contribution is 6.65. The van der Waals surface area contributed by atoms with Gasteiger partial charge in [0, 0.05) is 24.1 Å². The molecule has 3 aromatic rings. The Balaban J connectivity index is 1.73. The molecule has 8 nitrogen and oxygen atoms in total. The van der Waals surface area contributed by atoms with E-state index in [1.807, 2.05) is 27.7 Å². The SMILES string of the molecule is CC1(C)OB(c2cn(C(=O)Oc3ccncc3)c3cncnc23)OC1(C)C. The van der Waals surface area contributed by atoms with Gasteiger partial charge in [0.05, 0.1) is 28.4 Å². The average molecular weight is 366 g/mol. The number of hydrogen-bond acceptors (Lipinski definition) is 7.